The minimum absolute atomic E-state index is 0.183. The summed E-state index contributed by atoms with van der Waals surface area (Å²) in [6.07, 6.45) is 0. The number of hydrogen-bond acceptors (Lipinski definition) is 4. The molecule has 0 aliphatic rings. The second kappa shape index (κ2) is 6.36. The van der Waals surface area contributed by atoms with E-state index in [1.54, 1.807) is 13.8 Å². The van der Waals surface area contributed by atoms with Crippen molar-refractivity contribution in [2.75, 3.05) is 12.8 Å². The van der Waals surface area contributed by atoms with Gasteiger partial charge in [-0.1, -0.05) is 13.8 Å². The zero-order valence-corrected chi connectivity index (χ0v) is 12.0. The third-order valence-corrected chi connectivity index (χ3v) is 2.93. The Labute approximate surface area is 117 Å². The summed E-state index contributed by atoms with van der Waals surface area (Å²) in [5.74, 6) is -2.10. The molecule has 1 atom stereocenters. The Morgan fingerprint density at radius 3 is 2.45 bits per heavy atom. The number of anilines is 1. The fourth-order valence-corrected chi connectivity index (χ4v) is 1.81. The fourth-order valence-electron chi connectivity index (χ4n) is 1.81. The topological polar surface area (TPSA) is 81.4 Å². The quantitative estimate of drug-likeness (QED) is 0.650. The van der Waals surface area contributed by atoms with Crippen LogP contribution in [0.5, 0.6) is 0 Å². The zero-order chi connectivity index (χ0) is 15.4. The maximum Gasteiger partial charge on any atom is 0.328 e. The highest BCUT2D eigenvalue weighted by atomic mass is 19.1. The lowest BCUT2D eigenvalue weighted by Crippen LogP contribution is -2.45. The normalized spacial score (nSPS) is 12.1. The van der Waals surface area contributed by atoms with Gasteiger partial charge in [0.25, 0.3) is 5.91 Å². The lowest BCUT2D eigenvalue weighted by molar-refractivity contribution is -0.144. The highest BCUT2D eigenvalue weighted by Crippen LogP contribution is 2.17. The average molecular weight is 282 g/mol. The molecule has 0 heterocycles. The highest BCUT2D eigenvalue weighted by molar-refractivity contribution is 5.98. The number of halogens is 1. The molecule has 0 radical (unpaired) electrons. The molecule has 0 saturated heterocycles. The van der Waals surface area contributed by atoms with Gasteiger partial charge in [-0.05, 0) is 30.5 Å². The highest BCUT2D eigenvalue weighted by Gasteiger charge is 2.26. The van der Waals surface area contributed by atoms with Gasteiger partial charge in [-0.3, -0.25) is 4.79 Å². The van der Waals surface area contributed by atoms with Gasteiger partial charge in [0.05, 0.1) is 12.7 Å². The number of methoxy groups -OCH3 is 1. The van der Waals surface area contributed by atoms with E-state index in [2.05, 4.69) is 10.1 Å². The van der Waals surface area contributed by atoms with Crippen molar-refractivity contribution < 1.29 is 18.7 Å². The predicted octanol–water partition coefficient (Wildman–Crippen LogP) is 1.64. The number of esters is 1. The van der Waals surface area contributed by atoms with E-state index in [1.165, 1.54) is 26.2 Å². The van der Waals surface area contributed by atoms with Crippen LogP contribution in [0.2, 0.25) is 0 Å². The zero-order valence-electron chi connectivity index (χ0n) is 12.0. The summed E-state index contributed by atoms with van der Waals surface area (Å²) in [7, 11) is 1.23. The van der Waals surface area contributed by atoms with Crippen molar-refractivity contribution >= 4 is 17.6 Å². The number of ether oxygens (including phenoxy) is 1. The lowest BCUT2D eigenvalue weighted by atomic mass is 10.0. The third-order valence-electron chi connectivity index (χ3n) is 2.93. The van der Waals surface area contributed by atoms with Crippen LogP contribution in [-0.2, 0) is 9.53 Å². The molecule has 1 unspecified atom stereocenters. The van der Waals surface area contributed by atoms with Gasteiger partial charge in [0.2, 0.25) is 0 Å². The Bertz CT molecular complexity index is 529. The van der Waals surface area contributed by atoms with E-state index < -0.39 is 23.7 Å². The van der Waals surface area contributed by atoms with Crippen molar-refractivity contribution in [3.8, 4) is 0 Å². The molecule has 5 nitrogen and oxygen atoms in total. The van der Waals surface area contributed by atoms with Crippen molar-refractivity contribution in [1.29, 1.82) is 0 Å². The smallest absolute Gasteiger partial charge is 0.328 e. The summed E-state index contributed by atoms with van der Waals surface area (Å²) in [5.41, 5.74) is 5.98. The monoisotopic (exact) mass is 282 g/mol. The number of aryl methyl sites for hydroxylation is 1. The van der Waals surface area contributed by atoms with Gasteiger partial charge in [0, 0.05) is 5.69 Å². The second-order valence-corrected chi connectivity index (χ2v) is 4.92. The molecule has 1 aromatic carbocycles. The molecular weight excluding hydrogens is 263 g/mol. The number of rotatable bonds is 4. The molecule has 0 bridgehead atoms. The molecular formula is C14H19FN2O3. The van der Waals surface area contributed by atoms with Crippen LogP contribution < -0.4 is 11.1 Å². The second-order valence-electron chi connectivity index (χ2n) is 4.92. The number of carbonyl (C=O) groups excluding carboxylic acids is 2. The first-order valence-corrected chi connectivity index (χ1v) is 6.22. The third kappa shape index (κ3) is 3.46. The van der Waals surface area contributed by atoms with E-state index in [4.69, 9.17) is 5.73 Å². The van der Waals surface area contributed by atoms with Crippen LogP contribution in [0.25, 0.3) is 0 Å². The largest absolute Gasteiger partial charge is 0.467 e. The van der Waals surface area contributed by atoms with Gasteiger partial charge in [0.1, 0.15) is 11.9 Å². The maximum atomic E-state index is 13.9. The van der Waals surface area contributed by atoms with Crippen LogP contribution in [0.4, 0.5) is 10.1 Å². The minimum Gasteiger partial charge on any atom is -0.467 e. The summed E-state index contributed by atoms with van der Waals surface area (Å²) in [5, 5.41) is 2.47. The molecule has 0 saturated carbocycles. The van der Waals surface area contributed by atoms with Crippen molar-refractivity contribution in [3.05, 3.63) is 29.1 Å². The van der Waals surface area contributed by atoms with Crippen molar-refractivity contribution in [1.82, 2.24) is 5.32 Å². The molecule has 0 fully saturated rings. The summed E-state index contributed by atoms with van der Waals surface area (Å²) >= 11 is 0. The van der Waals surface area contributed by atoms with E-state index in [9.17, 15) is 14.0 Å². The van der Waals surface area contributed by atoms with Crippen LogP contribution in [0, 0.1) is 18.7 Å². The Morgan fingerprint density at radius 2 is 1.95 bits per heavy atom. The molecule has 0 spiro atoms. The van der Waals surface area contributed by atoms with Crippen molar-refractivity contribution in [2.24, 2.45) is 5.92 Å². The number of amides is 1. The maximum absolute atomic E-state index is 13.9. The van der Waals surface area contributed by atoms with E-state index in [0.717, 1.165) is 0 Å². The summed E-state index contributed by atoms with van der Waals surface area (Å²) in [6, 6.07) is 1.84. The van der Waals surface area contributed by atoms with Crippen molar-refractivity contribution in [3.63, 3.8) is 0 Å². The molecule has 20 heavy (non-hydrogen) atoms. The van der Waals surface area contributed by atoms with E-state index in [1.807, 2.05) is 0 Å². The van der Waals surface area contributed by atoms with Crippen LogP contribution in [0.15, 0.2) is 12.1 Å². The van der Waals surface area contributed by atoms with Gasteiger partial charge in [-0.2, -0.15) is 0 Å². The number of benzene rings is 1. The standard InChI is InChI=1S/C14H19FN2O3/c1-7(2)12(14(19)20-4)17-13(18)10-6-9(16)5-8(3)11(10)15/h5-7,12H,16H2,1-4H3,(H,17,18). The van der Waals surface area contributed by atoms with Crippen LogP contribution >= 0.6 is 0 Å². The van der Waals surface area contributed by atoms with E-state index >= 15 is 0 Å². The first-order valence-electron chi connectivity index (χ1n) is 6.22. The number of nitrogens with one attached hydrogen (secondary N) is 1. The van der Waals surface area contributed by atoms with Gasteiger partial charge in [0.15, 0.2) is 0 Å². The lowest BCUT2D eigenvalue weighted by Gasteiger charge is -2.20. The predicted molar refractivity (Wildman–Crippen MR) is 73.7 cm³/mol. The molecule has 6 heteroatoms. The SMILES string of the molecule is COC(=O)C(NC(=O)c1cc(N)cc(C)c1F)C(C)C. The van der Waals surface area contributed by atoms with Crippen molar-refractivity contribution in [2.45, 2.75) is 26.8 Å². The molecule has 1 rings (SSSR count). The number of hydrogen-bond donors (Lipinski definition) is 2. The summed E-state index contributed by atoms with van der Waals surface area (Å²) in [4.78, 5) is 23.7. The van der Waals surface area contributed by atoms with Crippen LogP contribution in [0.3, 0.4) is 0 Å². The van der Waals surface area contributed by atoms with E-state index in [-0.39, 0.29) is 22.7 Å². The summed E-state index contributed by atoms with van der Waals surface area (Å²) < 4.78 is 18.6. The number of nitrogens with two attached hydrogens (primary N) is 1. The minimum atomic E-state index is -0.839. The molecule has 3 N–H and O–H groups in total. The summed E-state index contributed by atoms with van der Waals surface area (Å²) in [6.45, 7) is 5.02. The van der Waals surface area contributed by atoms with Gasteiger partial charge in [-0.25, -0.2) is 9.18 Å². The molecule has 110 valence electrons. The number of nitrogen functional groups attached to an aromatic ring is 1. The molecule has 0 aliphatic carbocycles. The molecule has 0 aliphatic heterocycles. The van der Waals surface area contributed by atoms with E-state index in [0.29, 0.717) is 0 Å². The Balaban J connectivity index is 3.04. The van der Waals surface area contributed by atoms with Gasteiger partial charge < -0.3 is 15.8 Å². The first-order chi connectivity index (χ1) is 9.27. The van der Waals surface area contributed by atoms with Gasteiger partial charge in [-0.15, -0.1) is 0 Å². The molecule has 1 amide bonds. The molecule has 1 aromatic rings. The fraction of sp³-hybridized carbons (Fsp3) is 0.429. The Morgan fingerprint density at radius 1 is 1.35 bits per heavy atom. The molecule has 0 aromatic heterocycles. The Hall–Kier alpha value is -2.11. The van der Waals surface area contributed by atoms with Crippen LogP contribution in [0.1, 0.15) is 29.8 Å². The Kier molecular flexibility index (Phi) is 5.07. The number of carbonyl (C=O) groups is 2. The van der Waals surface area contributed by atoms with Crippen LogP contribution in [-0.4, -0.2) is 25.0 Å². The average Bonchev–Trinajstić information content (AvgIpc) is 2.38. The van der Waals surface area contributed by atoms with Gasteiger partial charge >= 0.3 is 5.97 Å². The first kappa shape index (κ1) is 15.9.